The first-order valence-electron chi connectivity index (χ1n) is 8.44. The van der Waals surface area contributed by atoms with Gasteiger partial charge in [0, 0.05) is 18.0 Å². The third-order valence-electron chi connectivity index (χ3n) is 4.13. The zero-order valence-corrected chi connectivity index (χ0v) is 15.9. The minimum Gasteiger partial charge on any atom is -0.459 e. The summed E-state index contributed by atoms with van der Waals surface area (Å²) in [4.78, 5) is 17.4. The SMILES string of the molecule is CC(C)C[C@@]1(C(=O)OC(C)(C)C)CC(CC#N)[C@H](c2nccs2)N1. The molecule has 1 aliphatic rings. The lowest BCUT2D eigenvalue weighted by Crippen LogP contribution is -2.52. The molecule has 1 unspecified atom stereocenters. The van der Waals surface area contributed by atoms with Crippen molar-refractivity contribution in [1.82, 2.24) is 10.3 Å². The average Bonchev–Trinajstić information content (AvgIpc) is 3.05. The molecule has 3 atom stereocenters. The van der Waals surface area contributed by atoms with E-state index in [9.17, 15) is 10.1 Å². The second-order valence-electron chi connectivity index (χ2n) is 8.00. The van der Waals surface area contributed by atoms with Gasteiger partial charge in [-0.15, -0.1) is 11.3 Å². The molecule has 2 heterocycles. The highest BCUT2D eigenvalue weighted by Gasteiger charge is 2.52. The highest BCUT2D eigenvalue weighted by Crippen LogP contribution is 2.44. The molecule has 0 saturated carbocycles. The number of carbonyl (C=O) groups is 1. The Bertz CT molecular complexity index is 601. The maximum Gasteiger partial charge on any atom is 0.326 e. The molecule has 0 amide bonds. The summed E-state index contributed by atoms with van der Waals surface area (Å²) in [5, 5.41) is 15.6. The fourth-order valence-corrected chi connectivity index (χ4v) is 4.22. The highest BCUT2D eigenvalue weighted by molar-refractivity contribution is 7.09. The van der Waals surface area contributed by atoms with Crippen molar-refractivity contribution in [1.29, 1.82) is 5.26 Å². The van der Waals surface area contributed by atoms with Crippen LogP contribution in [0.2, 0.25) is 0 Å². The van der Waals surface area contributed by atoms with E-state index in [-0.39, 0.29) is 17.9 Å². The van der Waals surface area contributed by atoms with Crippen molar-refractivity contribution in [2.75, 3.05) is 0 Å². The average molecular weight is 350 g/mol. The van der Waals surface area contributed by atoms with Crippen molar-refractivity contribution in [3.8, 4) is 6.07 Å². The molecule has 1 N–H and O–H groups in total. The lowest BCUT2D eigenvalue weighted by molar-refractivity contribution is -0.163. The van der Waals surface area contributed by atoms with E-state index in [4.69, 9.17) is 4.74 Å². The number of rotatable bonds is 5. The first-order valence-corrected chi connectivity index (χ1v) is 9.32. The van der Waals surface area contributed by atoms with Crippen LogP contribution in [0.15, 0.2) is 11.6 Å². The van der Waals surface area contributed by atoms with E-state index in [1.165, 1.54) is 0 Å². The number of nitrogens with zero attached hydrogens (tertiary/aromatic N) is 2. The van der Waals surface area contributed by atoms with E-state index in [1.54, 1.807) is 17.5 Å². The third kappa shape index (κ3) is 4.34. The van der Waals surface area contributed by atoms with Crippen molar-refractivity contribution in [3.05, 3.63) is 16.6 Å². The number of thiazole rings is 1. The normalized spacial score (nSPS) is 27.2. The minimum atomic E-state index is -0.751. The standard InChI is InChI=1S/C18H27N3O2S/c1-12(2)10-18(16(22)23-17(3,4)5)11-13(6-7-19)14(21-18)15-20-8-9-24-15/h8-9,12-14,21H,6,10-11H2,1-5H3/t13?,14-,18+/m1/s1. The van der Waals surface area contributed by atoms with Gasteiger partial charge in [-0.25, -0.2) is 4.98 Å². The summed E-state index contributed by atoms with van der Waals surface area (Å²) >= 11 is 1.56. The van der Waals surface area contributed by atoms with Crippen LogP contribution in [0, 0.1) is 23.2 Å². The van der Waals surface area contributed by atoms with Gasteiger partial charge in [-0.05, 0) is 45.4 Å². The number of hydrogen-bond donors (Lipinski definition) is 1. The minimum absolute atomic E-state index is 0.0624. The fourth-order valence-electron chi connectivity index (χ4n) is 3.44. The van der Waals surface area contributed by atoms with E-state index in [0.29, 0.717) is 25.2 Å². The predicted molar refractivity (Wildman–Crippen MR) is 94.4 cm³/mol. The maximum atomic E-state index is 13.0. The van der Waals surface area contributed by atoms with Crippen molar-refractivity contribution in [3.63, 3.8) is 0 Å². The molecule has 1 aromatic heterocycles. The molecular weight excluding hydrogens is 322 g/mol. The molecule has 5 nitrogen and oxygen atoms in total. The summed E-state index contributed by atoms with van der Waals surface area (Å²) in [6.45, 7) is 9.85. The number of hydrogen-bond acceptors (Lipinski definition) is 6. The van der Waals surface area contributed by atoms with Crippen LogP contribution in [0.3, 0.4) is 0 Å². The second-order valence-corrected chi connectivity index (χ2v) is 8.93. The predicted octanol–water partition coefficient (Wildman–Crippen LogP) is 3.83. The Morgan fingerprint density at radius 2 is 2.29 bits per heavy atom. The fraction of sp³-hybridized carbons (Fsp3) is 0.722. The van der Waals surface area contributed by atoms with Crippen LogP contribution in [0.25, 0.3) is 0 Å². The largest absolute Gasteiger partial charge is 0.459 e. The lowest BCUT2D eigenvalue weighted by atomic mass is 9.83. The van der Waals surface area contributed by atoms with Gasteiger partial charge in [0.2, 0.25) is 0 Å². The van der Waals surface area contributed by atoms with Gasteiger partial charge >= 0.3 is 5.97 Å². The van der Waals surface area contributed by atoms with Gasteiger partial charge in [-0.2, -0.15) is 5.26 Å². The van der Waals surface area contributed by atoms with Crippen LogP contribution in [0.1, 0.15) is 64.9 Å². The van der Waals surface area contributed by atoms with Gasteiger partial charge in [0.15, 0.2) is 0 Å². The van der Waals surface area contributed by atoms with Crippen molar-refractivity contribution < 1.29 is 9.53 Å². The van der Waals surface area contributed by atoms with E-state index in [0.717, 1.165) is 5.01 Å². The highest BCUT2D eigenvalue weighted by atomic mass is 32.1. The number of aromatic nitrogens is 1. The molecule has 0 radical (unpaired) electrons. The molecule has 1 aromatic rings. The molecule has 132 valence electrons. The molecule has 0 bridgehead atoms. The Morgan fingerprint density at radius 3 is 2.79 bits per heavy atom. The summed E-state index contributed by atoms with van der Waals surface area (Å²) in [5.41, 5.74) is -1.29. The van der Waals surface area contributed by atoms with E-state index < -0.39 is 11.1 Å². The molecule has 0 aromatic carbocycles. The molecule has 6 heteroatoms. The Balaban J connectivity index is 2.33. The molecule has 1 fully saturated rings. The lowest BCUT2D eigenvalue weighted by Gasteiger charge is -2.33. The van der Waals surface area contributed by atoms with Crippen LogP contribution in [0.5, 0.6) is 0 Å². The molecule has 1 aliphatic heterocycles. The third-order valence-corrected chi connectivity index (χ3v) is 4.99. The van der Waals surface area contributed by atoms with Crippen LogP contribution >= 0.6 is 11.3 Å². The van der Waals surface area contributed by atoms with Gasteiger partial charge < -0.3 is 4.74 Å². The second kappa shape index (κ2) is 7.20. The van der Waals surface area contributed by atoms with E-state index in [2.05, 4.69) is 30.2 Å². The number of nitriles is 1. The van der Waals surface area contributed by atoms with Gasteiger partial charge in [0.25, 0.3) is 0 Å². The Hall–Kier alpha value is -1.45. The molecular formula is C18H27N3O2S. The van der Waals surface area contributed by atoms with E-state index in [1.807, 2.05) is 26.2 Å². The topological polar surface area (TPSA) is 75.0 Å². The number of esters is 1. The van der Waals surface area contributed by atoms with Crippen molar-refractivity contribution >= 4 is 17.3 Å². The molecule has 2 rings (SSSR count). The summed E-state index contributed by atoms with van der Waals surface area (Å²) < 4.78 is 5.72. The molecule has 0 aliphatic carbocycles. The monoisotopic (exact) mass is 349 g/mol. The van der Waals surface area contributed by atoms with E-state index >= 15 is 0 Å². The van der Waals surface area contributed by atoms with Gasteiger partial charge in [0.1, 0.15) is 16.1 Å². The first kappa shape index (κ1) is 18.9. The number of ether oxygens (including phenoxy) is 1. The molecule has 0 spiro atoms. The van der Waals surface area contributed by atoms with Crippen LogP contribution in [0.4, 0.5) is 0 Å². The smallest absolute Gasteiger partial charge is 0.326 e. The first-order chi connectivity index (χ1) is 11.2. The summed E-state index contributed by atoms with van der Waals surface area (Å²) in [5.74, 6) is 0.181. The maximum absolute atomic E-state index is 13.0. The summed E-state index contributed by atoms with van der Waals surface area (Å²) in [6.07, 6.45) is 3.46. The Kier molecular flexibility index (Phi) is 5.67. The van der Waals surface area contributed by atoms with Gasteiger partial charge in [-0.3, -0.25) is 10.1 Å². The molecule has 24 heavy (non-hydrogen) atoms. The Morgan fingerprint density at radius 1 is 1.58 bits per heavy atom. The molecule has 1 saturated heterocycles. The van der Waals surface area contributed by atoms with Crippen LogP contribution in [-0.2, 0) is 9.53 Å². The number of carbonyl (C=O) groups excluding carboxylic acids is 1. The Labute approximate surface area is 148 Å². The van der Waals surface area contributed by atoms with Gasteiger partial charge in [0.05, 0.1) is 12.1 Å². The zero-order chi connectivity index (χ0) is 18.0. The zero-order valence-electron chi connectivity index (χ0n) is 15.1. The van der Waals surface area contributed by atoms with Crippen LogP contribution < -0.4 is 5.32 Å². The van der Waals surface area contributed by atoms with Crippen molar-refractivity contribution in [2.24, 2.45) is 11.8 Å². The quantitative estimate of drug-likeness (QED) is 0.818. The van der Waals surface area contributed by atoms with Gasteiger partial charge in [-0.1, -0.05) is 13.8 Å². The number of nitrogens with one attached hydrogen (secondary N) is 1. The van der Waals surface area contributed by atoms with Crippen molar-refractivity contribution in [2.45, 2.75) is 71.1 Å². The summed E-state index contributed by atoms with van der Waals surface area (Å²) in [7, 11) is 0. The van der Waals surface area contributed by atoms with Crippen LogP contribution in [-0.4, -0.2) is 22.1 Å². The summed E-state index contributed by atoms with van der Waals surface area (Å²) in [6, 6.07) is 2.19.